The third-order valence-corrected chi connectivity index (χ3v) is 4.05. The van der Waals surface area contributed by atoms with Crippen molar-refractivity contribution in [1.82, 2.24) is 4.90 Å². The smallest absolute Gasteiger partial charge is 0.335 e. The third-order valence-electron chi connectivity index (χ3n) is 4.05. The number of ether oxygens (including phenoxy) is 1. The van der Waals surface area contributed by atoms with E-state index in [4.69, 9.17) is 9.84 Å². The number of aliphatic hydroxyl groups is 5. The monoisotopic (exact) mass is 343 g/mol. The van der Waals surface area contributed by atoms with Gasteiger partial charge in [-0.05, 0) is 18.2 Å². The van der Waals surface area contributed by atoms with E-state index in [-0.39, 0.29) is 18.7 Å². The van der Waals surface area contributed by atoms with E-state index in [9.17, 15) is 30.3 Å². The molecule has 1 aliphatic heterocycles. The fourth-order valence-electron chi connectivity index (χ4n) is 2.69. The van der Waals surface area contributed by atoms with Gasteiger partial charge in [0, 0.05) is 6.54 Å². The molecular formula is C15H21NO8. The summed E-state index contributed by atoms with van der Waals surface area (Å²) in [6.45, 7) is -0.493. The van der Waals surface area contributed by atoms with Gasteiger partial charge in [-0.3, -0.25) is 4.90 Å². The molecule has 1 heterocycles. The zero-order valence-electron chi connectivity index (χ0n) is 12.8. The lowest BCUT2D eigenvalue weighted by molar-refractivity contribution is -0.223. The maximum Gasteiger partial charge on any atom is 0.335 e. The number of hydrogen-bond acceptors (Lipinski definition) is 8. The second-order valence-electron chi connectivity index (χ2n) is 5.55. The molecule has 134 valence electrons. The number of benzene rings is 1. The molecule has 0 bridgehead atoms. The van der Waals surface area contributed by atoms with Crippen molar-refractivity contribution in [2.45, 2.75) is 30.6 Å². The van der Waals surface area contributed by atoms with Gasteiger partial charge < -0.3 is 35.4 Å². The van der Waals surface area contributed by atoms with Gasteiger partial charge in [0.1, 0.15) is 36.9 Å². The number of aliphatic hydroxyl groups excluding tert-OH is 5. The number of rotatable bonds is 6. The lowest BCUT2D eigenvalue weighted by Crippen LogP contribution is -2.67. The lowest BCUT2D eigenvalue weighted by Gasteiger charge is -2.46. The number of piperidine rings is 1. The summed E-state index contributed by atoms with van der Waals surface area (Å²) in [5.74, 6) is -0.782. The topological polar surface area (TPSA) is 151 Å². The molecule has 1 saturated heterocycles. The van der Waals surface area contributed by atoms with Crippen molar-refractivity contribution < 1.29 is 40.2 Å². The van der Waals surface area contributed by atoms with Crippen LogP contribution >= 0.6 is 0 Å². The van der Waals surface area contributed by atoms with Crippen LogP contribution in [0.2, 0.25) is 0 Å². The first kappa shape index (κ1) is 18.6. The van der Waals surface area contributed by atoms with Crippen molar-refractivity contribution in [3.05, 3.63) is 29.8 Å². The van der Waals surface area contributed by atoms with Crippen molar-refractivity contribution in [3.8, 4) is 5.75 Å². The first-order chi connectivity index (χ1) is 11.4. The van der Waals surface area contributed by atoms with E-state index in [0.29, 0.717) is 5.75 Å². The SMILES string of the molecule is O=C(O)c1cccc(OCCN2C(O)[C@H](O)[C@@H](O)[C@H](O)[C@H]2CO)c1. The molecule has 1 aliphatic rings. The molecule has 0 saturated carbocycles. The Morgan fingerprint density at radius 3 is 2.46 bits per heavy atom. The molecule has 5 atom stereocenters. The average Bonchev–Trinajstić information content (AvgIpc) is 2.58. The molecule has 1 fully saturated rings. The quantitative estimate of drug-likeness (QED) is 0.339. The van der Waals surface area contributed by atoms with Gasteiger partial charge >= 0.3 is 5.97 Å². The maximum atomic E-state index is 10.9. The van der Waals surface area contributed by atoms with Crippen molar-refractivity contribution in [1.29, 1.82) is 0 Å². The molecule has 0 aromatic heterocycles. The highest BCUT2D eigenvalue weighted by Gasteiger charge is 2.46. The summed E-state index contributed by atoms with van der Waals surface area (Å²) in [6.07, 6.45) is -6.06. The second kappa shape index (κ2) is 7.88. The summed E-state index contributed by atoms with van der Waals surface area (Å²) >= 11 is 0. The predicted molar refractivity (Wildman–Crippen MR) is 80.5 cm³/mol. The highest BCUT2D eigenvalue weighted by Crippen LogP contribution is 2.23. The molecular weight excluding hydrogens is 322 g/mol. The Hall–Kier alpha value is -1.75. The number of aromatic carboxylic acids is 1. The van der Waals surface area contributed by atoms with Gasteiger partial charge in [0.2, 0.25) is 0 Å². The van der Waals surface area contributed by atoms with Gasteiger partial charge in [0.05, 0.1) is 18.2 Å². The molecule has 0 radical (unpaired) electrons. The summed E-state index contributed by atoms with van der Waals surface area (Å²) in [7, 11) is 0. The summed E-state index contributed by atoms with van der Waals surface area (Å²) in [6, 6.07) is 4.88. The van der Waals surface area contributed by atoms with E-state index in [1.807, 2.05) is 0 Å². The highest BCUT2D eigenvalue weighted by molar-refractivity contribution is 5.87. The van der Waals surface area contributed by atoms with Crippen molar-refractivity contribution >= 4 is 5.97 Å². The molecule has 0 aliphatic carbocycles. The normalized spacial score (nSPS) is 31.0. The molecule has 1 aromatic carbocycles. The number of carbonyl (C=O) groups is 1. The zero-order valence-corrected chi connectivity index (χ0v) is 12.8. The summed E-state index contributed by atoms with van der Waals surface area (Å²) in [5.41, 5.74) is 0.0627. The molecule has 2 rings (SSSR count). The number of nitrogens with zero attached hydrogens (tertiary/aromatic N) is 1. The zero-order chi connectivity index (χ0) is 17.9. The molecule has 0 amide bonds. The van der Waals surface area contributed by atoms with E-state index in [1.165, 1.54) is 23.1 Å². The van der Waals surface area contributed by atoms with Crippen LogP contribution in [0.25, 0.3) is 0 Å². The fraction of sp³-hybridized carbons (Fsp3) is 0.533. The summed E-state index contributed by atoms with van der Waals surface area (Å²) in [5, 5.41) is 57.5. The molecule has 6 N–H and O–H groups in total. The van der Waals surface area contributed by atoms with E-state index in [0.717, 1.165) is 0 Å². The lowest BCUT2D eigenvalue weighted by atomic mass is 9.93. The van der Waals surface area contributed by atoms with Crippen LogP contribution in [0.4, 0.5) is 0 Å². The molecule has 1 aromatic rings. The van der Waals surface area contributed by atoms with Crippen LogP contribution in [0.1, 0.15) is 10.4 Å². The van der Waals surface area contributed by atoms with Crippen LogP contribution in [-0.4, -0.2) is 91.8 Å². The summed E-state index contributed by atoms with van der Waals surface area (Å²) < 4.78 is 5.41. The predicted octanol–water partition coefficient (Wildman–Crippen LogP) is -2.16. The van der Waals surface area contributed by atoms with E-state index < -0.39 is 43.2 Å². The number of carboxylic acids is 1. The summed E-state index contributed by atoms with van der Waals surface area (Å²) in [4.78, 5) is 12.1. The van der Waals surface area contributed by atoms with Crippen LogP contribution in [0, 0.1) is 0 Å². The Labute approximate surface area is 138 Å². The van der Waals surface area contributed by atoms with Gasteiger partial charge in [0.25, 0.3) is 0 Å². The van der Waals surface area contributed by atoms with Crippen LogP contribution in [0.5, 0.6) is 5.75 Å². The average molecular weight is 343 g/mol. The highest BCUT2D eigenvalue weighted by atomic mass is 16.5. The van der Waals surface area contributed by atoms with E-state index in [1.54, 1.807) is 6.07 Å². The van der Waals surface area contributed by atoms with Gasteiger partial charge in [0.15, 0.2) is 0 Å². The minimum absolute atomic E-state index is 0.00612. The van der Waals surface area contributed by atoms with E-state index >= 15 is 0 Å². The van der Waals surface area contributed by atoms with Gasteiger partial charge in [-0.15, -0.1) is 0 Å². The molecule has 24 heavy (non-hydrogen) atoms. The molecule has 9 heteroatoms. The third kappa shape index (κ3) is 3.83. The Balaban J connectivity index is 1.99. The molecule has 0 spiro atoms. The molecule has 1 unspecified atom stereocenters. The minimum Gasteiger partial charge on any atom is -0.492 e. The Morgan fingerprint density at radius 2 is 1.83 bits per heavy atom. The van der Waals surface area contributed by atoms with Crippen LogP contribution < -0.4 is 4.74 Å². The first-order valence-corrected chi connectivity index (χ1v) is 7.42. The second-order valence-corrected chi connectivity index (χ2v) is 5.55. The van der Waals surface area contributed by atoms with Crippen LogP contribution in [0.3, 0.4) is 0 Å². The largest absolute Gasteiger partial charge is 0.492 e. The van der Waals surface area contributed by atoms with Crippen molar-refractivity contribution in [2.24, 2.45) is 0 Å². The van der Waals surface area contributed by atoms with E-state index in [2.05, 4.69) is 0 Å². The standard InChI is InChI=1S/C15H21NO8/c17-7-10-11(18)12(19)13(20)14(21)16(10)4-5-24-9-3-1-2-8(6-9)15(22)23/h1-3,6,10-14,17-21H,4-5,7H2,(H,22,23)/t10-,11-,12+,13-,14?/m1/s1. The van der Waals surface area contributed by atoms with Crippen molar-refractivity contribution in [2.75, 3.05) is 19.8 Å². The maximum absolute atomic E-state index is 10.9. The number of carboxylic acid groups (broad SMARTS) is 1. The van der Waals surface area contributed by atoms with Crippen LogP contribution in [0.15, 0.2) is 24.3 Å². The molecule has 9 nitrogen and oxygen atoms in total. The Kier molecular flexibility index (Phi) is 6.10. The minimum atomic E-state index is -1.59. The van der Waals surface area contributed by atoms with Crippen molar-refractivity contribution in [3.63, 3.8) is 0 Å². The van der Waals surface area contributed by atoms with Gasteiger partial charge in [-0.2, -0.15) is 0 Å². The number of hydrogen-bond donors (Lipinski definition) is 6. The Morgan fingerprint density at radius 1 is 1.12 bits per heavy atom. The van der Waals surface area contributed by atoms with Crippen LogP contribution in [-0.2, 0) is 0 Å². The fourth-order valence-corrected chi connectivity index (χ4v) is 2.69. The number of likely N-dealkylation sites (tertiary alicyclic amines) is 1. The van der Waals surface area contributed by atoms with Gasteiger partial charge in [-0.25, -0.2) is 4.79 Å². The van der Waals surface area contributed by atoms with Gasteiger partial charge in [-0.1, -0.05) is 6.07 Å². The Bertz CT molecular complexity index is 568. The first-order valence-electron chi connectivity index (χ1n) is 7.42.